The van der Waals surface area contributed by atoms with Crippen LogP contribution in [0.1, 0.15) is 21.9 Å². The lowest BCUT2D eigenvalue weighted by Gasteiger charge is -2.14. The first-order chi connectivity index (χ1) is 10.1. The highest BCUT2D eigenvalue weighted by Gasteiger charge is 2.27. The molecule has 0 bridgehead atoms. The third-order valence-electron chi connectivity index (χ3n) is 3.70. The van der Waals surface area contributed by atoms with Crippen molar-refractivity contribution in [3.8, 4) is 0 Å². The average Bonchev–Trinajstić information content (AvgIpc) is 2.93. The van der Waals surface area contributed by atoms with Crippen molar-refractivity contribution in [1.82, 2.24) is 0 Å². The number of hydrogen-bond acceptors (Lipinski definition) is 2. The number of rotatable bonds is 3. The number of hydrogen-bond donors (Lipinski definition) is 1. The summed E-state index contributed by atoms with van der Waals surface area (Å²) in [6, 6.07) is 9.25. The molecule has 3 nitrogen and oxygen atoms in total. The number of thiophene rings is 1. The maximum atomic E-state index is 11.6. The maximum absolute atomic E-state index is 11.6. The molecule has 1 aliphatic heterocycles. The van der Waals surface area contributed by atoms with Gasteiger partial charge in [-0.05, 0) is 23.1 Å². The van der Waals surface area contributed by atoms with Crippen LogP contribution in [0.5, 0.6) is 0 Å². The molecule has 0 amide bonds. The Morgan fingerprint density at radius 2 is 2.19 bits per heavy atom. The van der Waals surface area contributed by atoms with Crippen molar-refractivity contribution < 1.29 is 14.5 Å². The van der Waals surface area contributed by atoms with E-state index in [0.717, 1.165) is 19.5 Å². The summed E-state index contributed by atoms with van der Waals surface area (Å²) in [5.41, 5.74) is 1.94. The van der Waals surface area contributed by atoms with Crippen LogP contribution in [0.2, 0.25) is 5.02 Å². The number of aliphatic carboxylic acids is 1. The van der Waals surface area contributed by atoms with Crippen molar-refractivity contribution in [2.45, 2.75) is 18.9 Å². The molecule has 1 aromatic carbocycles. The third kappa shape index (κ3) is 3.01. The second-order valence-electron chi connectivity index (χ2n) is 5.08. The fraction of sp³-hybridized carbons (Fsp3) is 0.250. The predicted molar refractivity (Wildman–Crippen MR) is 84.7 cm³/mol. The molecule has 108 valence electrons. The molecule has 1 unspecified atom stereocenters. The second kappa shape index (κ2) is 6.00. The average molecular weight is 321 g/mol. The van der Waals surface area contributed by atoms with Gasteiger partial charge in [0.1, 0.15) is 6.54 Å². The summed E-state index contributed by atoms with van der Waals surface area (Å²) in [7, 11) is 0. The van der Waals surface area contributed by atoms with E-state index in [9.17, 15) is 9.90 Å². The Hall–Kier alpha value is -1.65. The van der Waals surface area contributed by atoms with Gasteiger partial charge in [-0.2, -0.15) is 0 Å². The second-order valence-corrected chi connectivity index (χ2v) is 6.48. The van der Waals surface area contributed by atoms with E-state index in [1.165, 1.54) is 10.4 Å². The number of fused-ring (bicyclic) bond motifs is 1. The molecule has 1 aliphatic rings. The first-order valence-corrected chi connectivity index (χ1v) is 8.02. The van der Waals surface area contributed by atoms with Gasteiger partial charge in [-0.25, -0.2) is 4.58 Å². The van der Waals surface area contributed by atoms with E-state index >= 15 is 0 Å². The Labute approximate surface area is 132 Å². The number of nitrogens with zero attached hydrogens (tertiary/aromatic N) is 1. The first-order valence-electron chi connectivity index (χ1n) is 6.76. The van der Waals surface area contributed by atoms with E-state index in [1.807, 2.05) is 12.1 Å². The molecule has 5 heteroatoms. The van der Waals surface area contributed by atoms with Crippen LogP contribution < -0.4 is 0 Å². The van der Waals surface area contributed by atoms with E-state index in [1.54, 1.807) is 29.7 Å². The Balaban J connectivity index is 1.92. The minimum atomic E-state index is -0.876. The molecule has 3 rings (SSSR count). The third-order valence-corrected chi connectivity index (χ3v) is 5.07. The Morgan fingerprint density at radius 3 is 2.95 bits per heavy atom. The number of halogens is 1. The summed E-state index contributed by atoms with van der Waals surface area (Å²) < 4.78 is 2.08. The lowest BCUT2D eigenvalue weighted by atomic mass is 10.00. The van der Waals surface area contributed by atoms with Gasteiger partial charge in [-0.3, -0.25) is 4.79 Å². The summed E-state index contributed by atoms with van der Waals surface area (Å²) in [6.45, 7) is 1.62. The largest absolute Gasteiger partial charge is 0.480 e. The van der Waals surface area contributed by atoms with Crippen LogP contribution >= 0.6 is 22.9 Å². The maximum Gasteiger partial charge on any atom is 0.321 e. The summed E-state index contributed by atoms with van der Waals surface area (Å²) in [5.74, 6) is -1.59. The molecule has 1 N–H and O–H groups in total. The first kappa shape index (κ1) is 14.3. The summed E-state index contributed by atoms with van der Waals surface area (Å²) in [4.78, 5) is 13.0. The fourth-order valence-corrected chi connectivity index (χ4v) is 3.76. The van der Waals surface area contributed by atoms with Gasteiger partial charge < -0.3 is 5.11 Å². The van der Waals surface area contributed by atoms with Crippen LogP contribution in [0.3, 0.4) is 0 Å². The SMILES string of the molecule is O=C(O)C(/C=[N+]1\CCc2sccc2C1)c1ccccc1Cl. The van der Waals surface area contributed by atoms with Crippen molar-refractivity contribution in [2.24, 2.45) is 0 Å². The van der Waals surface area contributed by atoms with Gasteiger partial charge in [0.05, 0.1) is 0 Å². The van der Waals surface area contributed by atoms with Crippen molar-refractivity contribution in [2.75, 3.05) is 6.54 Å². The monoisotopic (exact) mass is 320 g/mol. The number of benzene rings is 1. The van der Waals surface area contributed by atoms with E-state index in [4.69, 9.17) is 11.6 Å². The molecular weight excluding hydrogens is 306 g/mol. The van der Waals surface area contributed by atoms with Crippen molar-refractivity contribution in [3.63, 3.8) is 0 Å². The molecule has 0 spiro atoms. The number of carboxylic acid groups (broad SMARTS) is 1. The normalized spacial score (nSPS) is 17.5. The van der Waals surface area contributed by atoms with Crippen molar-refractivity contribution in [3.05, 3.63) is 56.7 Å². The zero-order valence-corrected chi connectivity index (χ0v) is 12.9. The molecule has 0 saturated heterocycles. The molecule has 2 heterocycles. The van der Waals surface area contributed by atoms with Crippen LogP contribution in [-0.4, -0.2) is 28.4 Å². The van der Waals surface area contributed by atoms with Gasteiger partial charge in [-0.15, -0.1) is 11.3 Å². The van der Waals surface area contributed by atoms with Gasteiger partial charge in [0.25, 0.3) is 0 Å². The highest BCUT2D eigenvalue weighted by Crippen LogP contribution is 2.25. The molecule has 0 radical (unpaired) electrons. The van der Waals surface area contributed by atoms with Crippen molar-refractivity contribution >= 4 is 35.1 Å². The summed E-state index contributed by atoms with van der Waals surface area (Å²) in [5, 5.41) is 12.1. The van der Waals surface area contributed by atoms with Gasteiger partial charge >= 0.3 is 5.97 Å². The van der Waals surface area contributed by atoms with Crippen LogP contribution in [0.25, 0.3) is 0 Å². The van der Waals surface area contributed by atoms with Gasteiger partial charge in [0, 0.05) is 21.9 Å². The quantitative estimate of drug-likeness (QED) is 0.880. The molecule has 21 heavy (non-hydrogen) atoms. The zero-order valence-electron chi connectivity index (χ0n) is 11.3. The minimum Gasteiger partial charge on any atom is -0.480 e. The standard InChI is InChI=1S/C16H14ClNO2S/c17-14-4-2-1-3-12(14)13(16(19)20)10-18-7-5-15-11(9-18)6-8-21-15/h1-4,6,8,10,13H,5,7,9H2/p+1/b18-10+. The van der Waals surface area contributed by atoms with Crippen LogP contribution in [0, 0.1) is 0 Å². The van der Waals surface area contributed by atoms with Gasteiger partial charge in [-0.1, -0.05) is 29.8 Å². The minimum absolute atomic E-state index is 0.495. The van der Waals surface area contributed by atoms with E-state index in [0.29, 0.717) is 10.6 Å². The number of carbonyl (C=O) groups is 1. The fourth-order valence-electron chi connectivity index (χ4n) is 2.61. The van der Waals surface area contributed by atoms with Crippen LogP contribution in [0.4, 0.5) is 0 Å². The van der Waals surface area contributed by atoms with E-state index in [-0.39, 0.29) is 0 Å². The van der Waals surface area contributed by atoms with Gasteiger partial charge in [0.2, 0.25) is 0 Å². The molecule has 2 aromatic rings. The zero-order chi connectivity index (χ0) is 14.8. The molecule has 0 fully saturated rings. The molecule has 0 saturated carbocycles. The summed E-state index contributed by atoms with van der Waals surface area (Å²) >= 11 is 7.92. The van der Waals surface area contributed by atoms with E-state index < -0.39 is 11.9 Å². The Kier molecular flexibility index (Phi) is 4.08. The van der Waals surface area contributed by atoms with Gasteiger partial charge in [0.15, 0.2) is 18.7 Å². The predicted octanol–water partition coefficient (Wildman–Crippen LogP) is 3.41. The summed E-state index contributed by atoms with van der Waals surface area (Å²) in [6.07, 6.45) is 2.77. The van der Waals surface area contributed by atoms with E-state index in [2.05, 4.69) is 16.0 Å². The van der Waals surface area contributed by atoms with Crippen LogP contribution in [-0.2, 0) is 17.8 Å². The molecule has 0 aliphatic carbocycles. The number of carboxylic acids is 1. The lowest BCUT2D eigenvalue weighted by Crippen LogP contribution is -2.26. The smallest absolute Gasteiger partial charge is 0.321 e. The topological polar surface area (TPSA) is 40.3 Å². The van der Waals surface area contributed by atoms with Crippen molar-refractivity contribution in [1.29, 1.82) is 0 Å². The Morgan fingerprint density at radius 1 is 1.38 bits per heavy atom. The Bertz CT molecular complexity index is 708. The highest BCUT2D eigenvalue weighted by atomic mass is 35.5. The lowest BCUT2D eigenvalue weighted by molar-refractivity contribution is -0.544. The molecule has 1 atom stereocenters. The highest BCUT2D eigenvalue weighted by molar-refractivity contribution is 7.10. The molecular formula is C16H15ClNO2S+. The van der Waals surface area contributed by atoms with Crippen LogP contribution in [0.15, 0.2) is 35.7 Å². The molecule has 1 aromatic heterocycles.